The van der Waals surface area contributed by atoms with E-state index in [0.29, 0.717) is 17.1 Å². The smallest absolute Gasteiger partial charge is 0.119 e. The van der Waals surface area contributed by atoms with Gasteiger partial charge in [0.05, 0.1) is 23.7 Å². The van der Waals surface area contributed by atoms with Gasteiger partial charge in [-0.1, -0.05) is 24.3 Å². The Morgan fingerprint density at radius 2 is 1.67 bits per heavy atom. The van der Waals surface area contributed by atoms with E-state index in [1.54, 1.807) is 6.20 Å². The Morgan fingerprint density at radius 1 is 0.933 bits per heavy atom. The molecule has 4 aromatic rings. The van der Waals surface area contributed by atoms with Crippen molar-refractivity contribution >= 4 is 40.5 Å². The van der Waals surface area contributed by atoms with Crippen molar-refractivity contribution in [2.45, 2.75) is 24.8 Å². The van der Waals surface area contributed by atoms with E-state index < -0.39 is 0 Å². The van der Waals surface area contributed by atoms with Gasteiger partial charge >= 0.3 is 0 Å². The molecule has 150 valence electrons. The lowest BCUT2D eigenvalue weighted by Gasteiger charge is -2.10. The number of anilines is 1. The van der Waals surface area contributed by atoms with Crippen LogP contribution in [0, 0.1) is 0 Å². The highest BCUT2D eigenvalue weighted by Gasteiger charge is 2.08. The molecule has 0 radical (unpaired) electrons. The molecule has 0 bridgehead atoms. The first-order valence-electron chi connectivity index (χ1n) is 9.66. The molecule has 0 fully saturated rings. The molecular weight excluding hydrogens is 392 g/mol. The summed E-state index contributed by atoms with van der Waals surface area (Å²) in [6.45, 7) is 4.01. The average Bonchev–Trinajstić information content (AvgIpc) is 2.76. The monoisotopic (exact) mass is 414 g/mol. The fourth-order valence-corrected chi connectivity index (χ4v) is 3.47. The molecule has 0 amide bonds. The van der Waals surface area contributed by atoms with Crippen molar-refractivity contribution in [1.82, 2.24) is 4.98 Å². The highest BCUT2D eigenvalue weighted by atomic mass is 32.1. The molecule has 1 heterocycles. The molecule has 0 saturated carbocycles. The van der Waals surface area contributed by atoms with Gasteiger partial charge in [-0.3, -0.25) is 4.98 Å². The van der Waals surface area contributed by atoms with Crippen LogP contribution in [0.4, 0.5) is 17.1 Å². The van der Waals surface area contributed by atoms with Gasteiger partial charge in [-0.25, -0.2) is 0 Å². The maximum atomic E-state index is 6.28. The van der Waals surface area contributed by atoms with Crippen molar-refractivity contribution in [2.24, 2.45) is 10.2 Å². The van der Waals surface area contributed by atoms with Crippen LogP contribution in [0.2, 0.25) is 0 Å². The Labute approximate surface area is 181 Å². The molecule has 0 saturated heterocycles. The number of nitrogens with two attached hydrogens (primary N) is 1. The van der Waals surface area contributed by atoms with Gasteiger partial charge in [0.1, 0.15) is 17.1 Å². The summed E-state index contributed by atoms with van der Waals surface area (Å²) in [7, 11) is 0. The summed E-state index contributed by atoms with van der Waals surface area (Å²) in [6.07, 6.45) is 1.84. The molecule has 5 nitrogen and oxygen atoms in total. The van der Waals surface area contributed by atoms with E-state index >= 15 is 0 Å². The van der Waals surface area contributed by atoms with Gasteiger partial charge in [0.25, 0.3) is 0 Å². The summed E-state index contributed by atoms with van der Waals surface area (Å²) < 4.78 is 5.68. The van der Waals surface area contributed by atoms with E-state index in [4.69, 9.17) is 10.5 Å². The van der Waals surface area contributed by atoms with Crippen LogP contribution in [-0.2, 0) is 0 Å². The summed E-state index contributed by atoms with van der Waals surface area (Å²) >= 11 is 4.55. The van der Waals surface area contributed by atoms with E-state index in [9.17, 15) is 0 Å². The van der Waals surface area contributed by atoms with Gasteiger partial charge in [0.2, 0.25) is 0 Å². The summed E-state index contributed by atoms with van der Waals surface area (Å²) in [5.74, 6) is 0.843. The Morgan fingerprint density at radius 3 is 2.33 bits per heavy atom. The number of nitrogen functional groups attached to an aromatic ring is 1. The second-order valence-corrected chi connectivity index (χ2v) is 7.65. The molecule has 4 rings (SSSR count). The van der Waals surface area contributed by atoms with Crippen LogP contribution in [0.25, 0.3) is 22.0 Å². The van der Waals surface area contributed by atoms with E-state index in [1.165, 1.54) is 0 Å². The van der Waals surface area contributed by atoms with Gasteiger partial charge in [-0.15, -0.1) is 22.9 Å². The Hall–Kier alpha value is -3.38. The number of benzene rings is 3. The number of thiol groups is 1. The van der Waals surface area contributed by atoms with Gasteiger partial charge in [0.15, 0.2) is 0 Å². The van der Waals surface area contributed by atoms with Crippen molar-refractivity contribution in [3.8, 4) is 17.0 Å². The van der Waals surface area contributed by atoms with Crippen LogP contribution in [0.1, 0.15) is 13.8 Å². The van der Waals surface area contributed by atoms with Crippen molar-refractivity contribution in [3.63, 3.8) is 0 Å². The van der Waals surface area contributed by atoms with Crippen LogP contribution in [0.15, 0.2) is 88.1 Å². The average molecular weight is 415 g/mol. The summed E-state index contributed by atoms with van der Waals surface area (Å²) in [5.41, 5.74) is 9.96. The lowest BCUT2D eigenvalue weighted by molar-refractivity contribution is 0.242. The molecule has 0 unspecified atom stereocenters. The van der Waals surface area contributed by atoms with Crippen molar-refractivity contribution in [2.75, 3.05) is 5.73 Å². The fraction of sp³-hybridized carbons (Fsp3) is 0.125. The minimum absolute atomic E-state index is 0.147. The van der Waals surface area contributed by atoms with Gasteiger partial charge < -0.3 is 10.5 Å². The third-order valence-corrected chi connectivity index (χ3v) is 4.96. The number of rotatable bonds is 5. The number of nitrogens with zero attached hydrogens (tertiary/aromatic N) is 3. The molecule has 6 heteroatoms. The lowest BCUT2D eigenvalue weighted by atomic mass is 10.1. The van der Waals surface area contributed by atoms with Crippen LogP contribution in [-0.4, -0.2) is 11.1 Å². The molecule has 30 heavy (non-hydrogen) atoms. The predicted octanol–water partition coefficient (Wildman–Crippen LogP) is 6.98. The Bertz CT molecular complexity index is 1200. The van der Waals surface area contributed by atoms with E-state index in [1.807, 2.05) is 80.6 Å². The van der Waals surface area contributed by atoms with Gasteiger partial charge in [-0.05, 0) is 61.7 Å². The SMILES string of the molecule is CC(C)Oc1ccc(-c2ccc(N=Nc3cc(S)c4ccccc4c3N)cn2)cc1. The minimum Gasteiger partial charge on any atom is -0.491 e. The zero-order valence-corrected chi connectivity index (χ0v) is 17.7. The first-order valence-corrected chi connectivity index (χ1v) is 10.1. The van der Waals surface area contributed by atoms with Crippen molar-refractivity contribution in [1.29, 1.82) is 0 Å². The molecule has 0 aliphatic rings. The van der Waals surface area contributed by atoms with Crippen LogP contribution >= 0.6 is 12.6 Å². The molecule has 0 aliphatic heterocycles. The van der Waals surface area contributed by atoms with Crippen LogP contribution in [0.3, 0.4) is 0 Å². The normalized spacial score (nSPS) is 11.5. The zero-order valence-electron chi connectivity index (χ0n) is 16.8. The van der Waals surface area contributed by atoms with Gasteiger partial charge in [-0.2, -0.15) is 0 Å². The third-order valence-electron chi connectivity index (χ3n) is 4.59. The predicted molar refractivity (Wildman–Crippen MR) is 125 cm³/mol. The van der Waals surface area contributed by atoms with Crippen molar-refractivity contribution < 1.29 is 4.74 Å². The number of hydrogen-bond donors (Lipinski definition) is 2. The third kappa shape index (κ3) is 4.28. The molecular formula is C24H22N4OS. The Balaban J connectivity index is 1.55. The summed E-state index contributed by atoms with van der Waals surface area (Å²) in [5, 5.41) is 10.5. The zero-order chi connectivity index (χ0) is 21.1. The number of azo groups is 1. The van der Waals surface area contributed by atoms with Crippen LogP contribution < -0.4 is 10.5 Å². The first-order chi connectivity index (χ1) is 14.5. The standard InChI is InChI=1S/C24H22N4OS/c1-15(2)29-18-10-7-16(8-11-18)21-12-9-17(14-26-21)27-28-22-13-23(30)19-5-3-4-6-20(19)24(22)25/h3-15,30H,25H2,1-2H3. The van der Waals surface area contributed by atoms with E-state index in [0.717, 1.165) is 32.7 Å². The second kappa shape index (κ2) is 8.55. The first kappa shape index (κ1) is 19.9. The largest absolute Gasteiger partial charge is 0.491 e. The summed E-state index contributed by atoms with van der Waals surface area (Å²) in [4.78, 5) is 5.31. The number of hydrogen-bond acceptors (Lipinski definition) is 6. The number of aromatic nitrogens is 1. The fourth-order valence-electron chi connectivity index (χ4n) is 3.15. The molecule has 2 N–H and O–H groups in total. The van der Waals surface area contributed by atoms with Gasteiger partial charge in [0, 0.05) is 15.8 Å². The van der Waals surface area contributed by atoms with E-state index in [2.05, 4.69) is 27.8 Å². The number of ether oxygens (including phenoxy) is 1. The maximum absolute atomic E-state index is 6.28. The molecule has 3 aromatic carbocycles. The van der Waals surface area contributed by atoms with Crippen LogP contribution in [0.5, 0.6) is 5.75 Å². The highest BCUT2D eigenvalue weighted by Crippen LogP contribution is 2.36. The van der Waals surface area contributed by atoms with Crippen molar-refractivity contribution in [3.05, 3.63) is 72.9 Å². The second-order valence-electron chi connectivity index (χ2n) is 7.17. The molecule has 0 atom stereocenters. The lowest BCUT2D eigenvalue weighted by Crippen LogP contribution is -2.05. The number of fused-ring (bicyclic) bond motifs is 1. The molecule has 0 spiro atoms. The minimum atomic E-state index is 0.147. The molecule has 1 aromatic heterocycles. The number of pyridine rings is 1. The highest BCUT2D eigenvalue weighted by molar-refractivity contribution is 7.80. The van der Waals surface area contributed by atoms with E-state index in [-0.39, 0.29) is 6.10 Å². The topological polar surface area (TPSA) is 72.9 Å². The maximum Gasteiger partial charge on any atom is 0.119 e. The quantitative estimate of drug-likeness (QED) is 0.210. The summed E-state index contributed by atoms with van der Waals surface area (Å²) in [6, 6.07) is 21.3. The molecule has 0 aliphatic carbocycles. The Kier molecular flexibility index (Phi) is 5.68.